The number of nitrogens with zero attached hydrogens (tertiary/aromatic N) is 1. The molecule has 0 aliphatic heterocycles. The first-order chi connectivity index (χ1) is 7.15. The van der Waals surface area contributed by atoms with Gasteiger partial charge in [0.1, 0.15) is 5.69 Å². The average Bonchev–Trinajstić information content (AvgIpc) is 2.69. The summed E-state index contributed by atoms with van der Waals surface area (Å²) in [6, 6.07) is 0.122. The Morgan fingerprint density at radius 2 is 2.40 bits per heavy atom. The molecule has 0 spiro atoms. The van der Waals surface area contributed by atoms with Crippen molar-refractivity contribution in [1.29, 1.82) is 0 Å². The van der Waals surface area contributed by atoms with Crippen molar-refractivity contribution >= 4 is 28.8 Å². The lowest BCUT2D eigenvalue weighted by Crippen LogP contribution is -2.39. The van der Waals surface area contributed by atoms with Crippen LogP contribution in [0.15, 0.2) is 10.9 Å². The first-order valence-corrected chi connectivity index (χ1v) is 6.38. The summed E-state index contributed by atoms with van der Waals surface area (Å²) in [6.45, 7) is 4.14. The molecule has 84 valence electrons. The molecule has 1 N–H and O–H groups in total. The normalized spacial score (nSPS) is 12.8. The van der Waals surface area contributed by atoms with Crippen LogP contribution in [0.2, 0.25) is 0 Å². The third kappa shape index (κ3) is 3.80. The van der Waals surface area contributed by atoms with E-state index < -0.39 is 0 Å². The van der Waals surface area contributed by atoms with Crippen LogP contribution in [-0.4, -0.2) is 22.8 Å². The maximum Gasteiger partial charge on any atom is 0.270 e. The number of thiazole rings is 1. The van der Waals surface area contributed by atoms with Gasteiger partial charge in [-0.1, -0.05) is 13.8 Å². The van der Waals surface area contributed by atoms with Gasteiger partial charge < -0.3 is 5.32 Å². The van der Waals surface area contributed by atoms with Crippen LogP contribution in [0, 0.1) is 5.92 Å². The van der Waals surface area contributed by atoms with E-state index in [2.05, 4.69) is 24.1 Å². The van der Waals surface area contributed by atoms with Crippen molar-refractivity contribution in [3.63, 3.8) is 0 Å². The van der Waals surface area contributed by atoms with Crippen molar-refractivity contribution < 1.29 is 4.79 Å². The first-order valence-electron chi connectivity index (χ1n) is 4.90. The molecule has 0 fully saturated rings. The minimum atomic E-state index is -0.111. The predicted molar refractivity (Wildman–Crippen MR) is 63.5 cm³/mol. The van der Waals surface area contributed by atoms with Crippen molar-refractivity contribution in [3.05, 3.63) is 16.6 Å². The fourth-order valence-electron chi connectivity index (χ4n) is 1.26. The van der Waals surface area contributed by atoms with Crippen molar-refractivity contribution in [1.82, 2.24) is 10.3 Å². The standard InChI is InChI=1S/C10H15ClN2OS/c1-7(2)8(3-4-11)13-10(14)9-5-15-6-12-9/h5-8H,3-4H2,1-2H3,(H,13,14). The Balaban J connectivity index is 2.55. The van der Waals surface area contributed by atoms with Crippen LogP contribution < -0.4 is 5.32 Å². The van der Waals surface area contributed by atoms with Crippen LogP contribution >= 0.6 is 22.9 Å². The third-order valence-electron chi connectivity index (χ3n) is 2.21. The van der Waals surface area contributed by atoms with E-state index in [-0.39, 0.29) is 11.9 Å². The molecule has 0 aliphatic rings. The smallest absolute Gasteiger partial charge is 0.270 e. The van der Waals surface area contributed by atoms with Gasteiger partial charge in [-0.25, -0.2) is 4.98 Å². The minimum absolute atomic E-state index is 0.111. The molecule has 5 heteroatoms. The van der Waals surface area contributed by atoms with Gasteiger partial charge in [0, 0.05) is 17.3 Å². The highest BCUT2D eigenvalue weighted by molar-refractivity contribution is 7.07. The summed E-state index contributed by atoms with van der Waals surface area (Å²) in [6.07, 6.45) is 0.787. The predicted octanol–water partition coefficient (Wildman–Crippen LogP) is 2.53. The second kappa shape index (κ2) is 6.08. The van der Waals surface area contributed by atoms with Gasteiger partial charge in [-0.05, 0) is 12.3 Å². The van der Waals surface area contributed by atoms with E-state index in [1.165, 1.54) is 11.3 Å². The molecule has 0 bridgehead atoms. The number of rotatable bonds is 5. The van der Waals surface area contributed by atoms with E-state index in [0.29, 0.717) is 17.5 Å². The zero-order chi connectivity index (χ0) is 11.3. The summed E-state index contributed by atoms with van der Waals surface area (Å²) in [5.74, 6) is 0.826. The summed E-state index contributed by atoms with van der Waals surface area (Å²) >= 11 is 7.10. The lowest BCUT2D eigenvalue weighted by molar-refractivity contribution is 0.0920. The number of amides is 1. The van der Waals surface area contributed by atoms with Gasteiger partial charge >= 0.3 is 0 Å². The lowest BCUT2D eigenvalue weighted by Gasteiger charge is -2.20. The molecule has 0 radical (unpaired) electrons. The number of halogens is 1. The highest BCUT2D eigenvalue weighted by Gasteiger charge is 2.17. The summed E-state index contributed by atoms with van der Waals surface area (Å²) in [7, 11) is 0. The van der Waals surface area contributed by atoms with Crippen LogP contribution in [0.4, 0.5) is 0 Å². The first kappa shape index (κ1) is 12.5. The van der Waals surface area contributed by atoms with E-state index in [4.69, 9.17) is 11.6 Å². The number of aromatic nitrogens is 1. The molecule has 1 unspecified atom stereocenters. The largest absolute Gasteiger partial charge is 0.348 e. The zero-order valence-electron chi connectivity index (χ0n) is 8.87. The van der Waals surface area contributed by atoms with E-state index >= 15 is 0 Å². The summed E-state index contributed by atoms with van der Waals surface area (Å²) in [5.41, 5.74) is 2.14. The summed E-state index contributed by atoms with van der Waals surface area (Å²) < 4.78 is 0. The molecular weight excluding hydrogens is 232 g/mol. The molecule has 1 aromatic rings. The Morgan fingerprint density at radius 3 is 2.87 bits per heavy atom. The second-order valence-electron chi connectivity index (χ2n) is 3.68. The average molecular weight is 247 g/mol. The van der Waals surface area contributed by atoms with E-state index in [1.54, 1.807) is 10.9 Å². The maximum atomic E-state index is 11.7. The maximum absolute atomic E-state index is 11.7. The van der Waals surface area contributed by atoms with Crippen molar-refractivity contribution in [2.45, 2.75) is 26.3 Å². The van der Waals surface area contributed by atoms with Crippen molar-refractivity contribution in [2.75, 3.05) is 5.88 Å². The molecule has 3 nitrogen and oxygen atoms in total. The molecule has 0 saturated carbocycles. The van der Waals surface area contributed by atoms with Crippen LogP contribution in [0.5, 0.6) is 0 Å². The molecule has 1 rings (SSSR count). The van der Waals surface area contributed by atoms with Crippen molar-refractivity contribution in [3.8, 4) is 0 Å². The number of carbonyl (C=O) groups excluding carboxylic acids is 1. The molecule has 1 atom stereocenters. The molecular formula is C10H15ClN2OS. The van der Waals surface area contributed by atoms with Crippen LogP contribution in [0.1, 0.15) is 30.8 Å². The van der Waals surface area contributed by atoms with E-state index in [9.17, 15) is 4.79 Å². The van der Waals surface area contributed by atoms with Crippen LogP contribution in [0.3, 0.4) is 0 Å². The number of hydrogen-bond donors (Lipinski definition) is 1. The Labute approximate surface area is 98.9 Å². The number of nitrogens with one attached hydrogen (secondary N) is 1. The summed E-state index contributed by atoms with van der Waals surface area (Å²) in [5, 5.41) is 4.68. The van der Waals surface area contributed by atoms with E-state index in [1.807, 2.05) is 0 Å². The molecule has 0 aliphatic carbocycles. The highest BCUT2D eigenvalue weighted by atomic mass is 35.5. The van der Waals surface area contributed by atoms with Crippen molar-refractivity contribution in [2.24, 2.45) is 5.92 Å². The monoisotopic (exact) mass is 246 g/mol. The van der Waals surface area contributed by atoms with Gasteiger partial charge in [0.2, 0.25) is 0 Å². The summed E-state index contributed by atoms with van der Waals surface area (Å²) in [4.78, 5) is 15.6. The van der Waals surface area contributed by atoms with Crippen LogP contribution in [0.25, 0.3) is 0 Å². The minimum Gasteiger partial charge on any atom is -0.348 e. The Hall–Kier alpha value is -0.610. The van der Waals surface area contributed by atoms with Gasteiger partial charge in [0.05, 0.1) is 5.51 Å². The highest BCUT2D eigenvalue weighted by Crippen LogP contribution is 2.09. The molecule has 0 aromatic carbocycles. The SMILES string of the molecule is CC(C)C(CCCl)NC(=O)c1cscn1. The van der Waals surface area contributed by atoms with Gasteiger partial charge in [-0.15, -0.1) is 22.9 Å². The Morgan fingerprint density at radius 1 is 1.67 bits per heavy atom. The molecule has 0 saturated heterocycles. The fraction of sp³-hybridized carbons (Fsp3) is 0.600. The number of carbonyl (C=O) groups is 1. The second-order valence-corrected chi connectivity index (χ2v) is 4.77. The van der Waals surface area contributed by atoms with Gasteiger partial charge in [-0.2, -0.15) is 0 Å². The van der Waals surface area contributed by atoms with E-state index in [0.717, 1.165) is 6.42 Å². The topological polar surface area (TPSA) is 42.0 Å². The van der Waals surface area contributed by atoms with Gasteiger partial charge in [0.15, 0.2) is 0 Å². The van der Waals surface area contributed by atoms with Crippen LogP contribution in [-0.2, 0) is 0 Å². The van der Waals surface area contributed by atoms with Gasteiger partial charge in [-0.3, -0.25) is 4.79 Å². The quantitative estimate of drug-likeness (QED) is 0.812. The fourth-order valence-corrected chi connectivity index (χ4v) is 2.02. The third-order valence-corrected chi connectivity index (χ3v) is 3.01. The molecule has 15 heavy (non-hydrogen) atoms. The number of alkyl halides is 1. The molecule has 1 aromatic heterocycles. The molecule has 1 amide bonds. The van der Waals surface area contributed by atoms with Gasteiger partial charge in [0.25, 0.3) is 5.91 Å². The number of hydrogen-bond acceptors (Lipinski definition) is 3. The lowest BCUT2D eigenvalue weighted by atomic mass is 10.0. The molecule has 1 heterocycles. The Kier molecular flexibility index (Phi) is 5.05. The zero-order valence-corrected chi connectivity index (χ0v) is 10.4. The Bertz CT molecular complexity index is 300.